The predicted molar refractivity (Wildman–Crippen MR) is 173 cm³/mol. The molecule has 44 heavy (non-hydrogen) atoms. The number of benzene rings is 2. The lowest BCUT2D eigenvalue weighted by Crippen LogP contribution is -2.56. The van der Waals surface area contributed by atoms with Crippen molar-refractivity contribution in [2.75, 3.05) is 31.6 Å². The Morgan fingerprint density at radius 2 is 1.68 bits per heavy atom. The smallest absolute Gasteiger partial charge is 0.250 e. The number of likely N-dealkylation sites (tertiary alicyclic amines) is 1. The van der Waals surface area contributed by atoms with E-state index in [-0.39, 0.29) is 49.8 Å². The molecule has 4 rings (SSSR count). The maximum atomic E-state index is 13.6. The molecular formula is C31H42Cl2N6O5. The van der Waals surface area contributed by atoms with Crippen LogP contribution in [-0.4, -0.2) is 70.1 Å². The molecule has 2 atom stereocenters. The third-order valence-electron chi connectivity index (χ3n) is 6.91. The third-order valence-corrected chi connectivity index (χ3v) is 6.91. The van der Waals surface area contributed by atoms with Crippen molar-refractivity contribution in [3.63, 3.8) is 0 Å². The summed E-state index contributed by atoms with van der Waals surface area (Å²) in [4.78, 5) is 45.8. The molecule has 0 radical (unpaired) electrons. The molecule has 2 aromatic carbocycles. The lowest BCUT2D eigenvalue weighted by molar-refractivity contribution is -0.132. The first-order valence-electron chi connectivity index (χ1n) is 14.2. The number of amides is 3. The zero-order valence-corrected chi connectivity index (χ0v) is 26.9. The van der Waals surface area contributed by atoms with Crippen molar-refractivity contribution in [2.45, 2.75) is 57.8 Å². The van der Waals surface area contributed by atoms with Gasteiger partial charge in [0.1, 0.15) is 17.8 Å². The first-order valence-corrected chi connectivity index (χ1v) is 14.2. The van der Waals surface area contributed by atoms with Crippen LogP contribution in [0.25, 0.3) is 0 Å². The molecule has 1 saturated heterocycles. The van der Waals surface area contributed by atoms with Crippen LogP contribution in [0.2, 0.25) is 0 Å². The number of nitrogens with one attached hydrogen (secondary N) is 2. The number of nitrogens with zero attached hydrogens (tertiary/aromatic N) is 3. The maximum Gasteiger partial charge on any atom is 0.250 e. The van der Waals surface area contributed by atoms with E-state index in [4.69, 9.17) is 15.2 Å². The van der Waals surface area contributed by atoms with Crippen LogP contribution in [-0.2, 0) is 25.7 Å². The monoisotopic (exact) mass is 648 g/mol. The van der Waals surface area contributed by atoms with Crippen molar-refractivity contribution < 1.29 is 23.9 Å². The second-order valence-corrected chi connectivity index (χ2v) is 10.9. The van der Waals surface area contributed by atoms with E-state index in [1.165, 1.54) is 6.33 Å². The first-order chi connectivity index (χ1) is 20.2. The summed E-state index contributed by atoms with van der Waals surface area (Å²) in [5, 5.41) is 5.44. The van der Waals surface area contributed by atoms with E-state index in [2.05, 4.69) is 15.6 Å². The van der Waals surface area contributed by atoms with E-state index in [1.54, 1.807) is 24.6 Å². The highest BCUT2D eigenvalue weighted by molar-refractivity contribution is 5.98. The van der Waals surface area contributed by atoms with Crippen molar-refractivity contribution in [2.24, 2.45) is 5.73 Å². The molecule has 240 valence electrons. The van der Waals surface area contributed by atoms with Crippen LogP contribution in [0.1, 0.15) is 50.8 Å². The molecule has 13 heteroatoms. The fourth-order valence-corrected chi connectivity index (χ4v) is 4.62. The number of imidazole rings is 1. The van der Waals surface area contributed by atoms with Crippen molar-refractivity contribution in [1.29, 1.82) is 0 Å². The SMILES string of the molecule is CCOc1ccc(C(C(=O)N2CCCC2)n2cnc(NC(=O)[C@@H](COCc3ccccc3)NC(=O)C(C)(C)N)c2)cc1.Cl.Cl. The number of ether oxygens (including phenoxy) is 2. The quantitative estimate of drug-likeness (QED) is 0.257. The van der Waals surface area contributed by atoms with Crippen molar-refractivity contribution in [3.05, 3.63) is 78.2 Å². The molecule has 0 saturated carbocycles. The molecule has 1 aliphatic heterocycles. The number of nitrogens with two attached hydrogens (primary N) is 1. The number of anilines is 1. The molecule has 4 N–H and O–H groups in total. The van der Waals surface area contributed by atoms with Gasteiger partial charge >= 0.3 is 0 Å². The minimum absolute atomic E-state index is 0. The lowest BCUT2D eigenvalue weighted by atomic mass is 10.1. The van der Waals surface area contributed by atoms with Crippen LogP contribution >= 0.6 is 24.8 Å². The molecule has 0 spiro atoms. The van der Waals surface area contributed by atoms with Gasteiger partial charge in [-0.2, -0.15) is 0 Å². The van der Waals surface area contributed by atoms with E-state index in [9.17, 15) is 14.4 Å². The molecule has 0 aliphatic carbocycles. The molecule has 3 aromatic rings. The van der Waals surface area contributed by atoms with E-state index in [0.29, 0.717) is 19.7 Å². The highest BCUT2D eigenvalue weighted by atomic mass is 35.5. The summed E-state index contributed by atoms with van der Waals surface area (Å²) in [5.74, 6) is -0.107. The highest BCUT2D eigenvalue weighted by Gasteiger charge is 2.31. The van der Waals surface area contributed by atoms with Crippen molar-refractivity contribution >= 4 is 48.4 Å². The maximum absolute atomic E-state index is 13.6. The van der Waals surface area contributed by atoms with Gasteiger partial charge in [-0.15, -0.1) is 24.8 Å². The van der Waals surface area contributed by atoms with Gasteiger partial charge in [-0.25, -0.2) is 4.98 Å². The zero-order chi connectivity index (χ0) is 30.1. The van der Waals surface area contributed by atoms with Crippen LogP contribution in [0.4, 0.5) is 5.82 Å². The summed E-state index contributed by atoms with van der Waals surface area (Å²) in [6.45, 7) is 7.16. The van der Waals surface area contributed by atoms with Gasteiger partial charge < -0.3 is 35.3 Å². The van der Waals surface area contributed by atoms with Crippen molar-refractivity contribution in [3.8, 4) is 5.75 Å². The zero-order valence-electron chi connectivity index (χ0n) is 25.2. The number of aromatic nitrogens is 2. The van der Waals surface area contributed by atoms with Crippen LogP contribution < -0.4 is 21.1 Å². The average molecular weight is 650 g/mol. The van der Waals surface area contributed by atoms with Gasteiger partial charge in [0.2, 0.25) is 11.8 Å². The lowest BCUT2D eigenvalue weighted by Gasteiger charge is -2.24. The fraction of sp³-hybridized carbons (Fsp3) is 0.419. The summed E-state index contributed by atoms with van der Waals surface area (Å²) < 4.78 is 13.0. The summed E-state index contributed by atoms with van der Waals surface area (Å²) in [6.07, 6.45) is 5.06. The van der Waals surface area contributed by atoms with Crippen LogP contribution in [0.15, 0.2) is 67.1 Å². The van der Waals surface area contributed by atoms with Crippen molar-refractivity contribution in [1.82, 2.24) is 19.8 Å². The van der Waals surface area contributed by atoms with E-state index >= 15 is 0 Å². The number of hydrogen-bond acceptors (Lipinski definition) is 7. The molecule has 2 heterocycles. The molecule has 1 aromatic heterocycles. The topological polar surface area (TPSA) is 141 Å². The van der Waals surface area contributed by atoms with Crippen LogP contribution in [0.3, 0.4) is 0 Å². The van der Waals surface area contributed by atoms with Gasteiger partial charge in [-0.1, -0.05) is 42.5 Å². The van der Waals surface area contributed by atoms with Gasteiger partial charge in [-0.3, -0.25) is 14.4 Å². The Hall–Kier alpha value is -3.64. The summed E-state index contributed by atoms with van der Waals surface area (Å²) in [5.41, 5.74) is 6.47. The number of rotatable bonds is 13. The minimum atomic E-state index is -1.19. The highest BCUT2D eigenvalue weighted by Crippen LogP contribution is 2.26. The van der Waals surface area contributed by atoms with Crippen LogP contribution in [0, 0.1) is 0 Å². The summed E-state index contributed by atoms with van der Waals surface area (Å²) in [6, 6.07) is 15.2. The Kier molecular flexibility index (Phi) is 14.1. The van der Waals surface area contributed by atoms with E-state index in [0.717, 1.165) is 29.7 Å². The summed E-state index contributed by atoms with van der Waals surface area (Å²) >= 11 is 0. The molecular weight excluding hydrogens is 607 g/mol. The normalized spacial score (nSPS) is 14.0. The molecule has 0 bridgehead atoms. The van der Waals surface area contributed by atoms with Gasteiger partial charge in [0.25, 0.3) is 5.91 Å². The van der Waals surface area contributed by atoms with E-state index < -0.39 is 29.4 Å². The van der Waals surface area contributed by atoms with Crippen LogP contribution in [0.5, 0.6) is 5.75 Å². The van der Waals surface area contributed by atoms with Gasteiger partial charge in [-0.05, 0) is 56.9 Å². The molecule has 1 fully saturated rings. The second kappa shape index (κ2) is 17.0. The molecule has 1 unspecified atom stereocenters. The Bertz CT molecular complexity index is 1340. The predicted octanol–water partition coefficient (Wildman–Crippen LogP) is 3.71. The minimum Gasteiger partial charge on any atom is -0.494 e. The second-order valence-electron chi connectivity index (χ2n) is 10.9. The first kappa shape index (κ1) is 36.6. The Morgan fingerprint density at radius 3 is 2.30 bits per heavy atom. The largest absolute Gasteiger partial charge is 0.494 e. The number of carbonyl (C=O) groups is 3. The standard InChI is InChI=1S/C31H40N6O5.2ClH/c1-4-42-24-14-12-23(13-15-24)27(29(39)36-16-8-9-17-36)37-18-26(33-21-37)35-28(38)25(34-30(40)31(2,3)32)20-41-19-22-10-6-5-7-11-22;;/h5-7,10-15,18,21,25,27H,4,8-9,16-17,19-20,32H2,1-3H3,(H,34,40)(H,35,38);2*1H/t25-,27?;;/m1../s1. The molecule has 3 amide bonds. The summed E-state index contributed by atoms with van der Waals surface area (Å²) in [7, 11) is 0. The number of hydrogen-bond donors (Lipinski definition) is 3. The Morgan fingerprint density at radius 1 is 1.02 bits per heavy atom. The Balaban J connectivity index is 0.00000337. The molecule has 1 aliphatic rings. The van der Waals surface area contributed by atoms with Gasteiger partial charge in [0.05, 0.1) is 31.7 Å². The average Bonchev–Trinajstić information content (AvgIpc) is 3.67. The van der Waals surface area contributed by atoms with Gasteiger partial charge in [0.15, 0.2) is 5.82 Å². The number of halogens is 2. The Labute approximate surface area is 270 Å². The third kappa shape index (κ3) is 9.95. The fourth-order valence-electron chi connectivity index (χ4n) is 4.62. The molecule has 11 nitrogen and oxygen atoms in total. The van der Waals surface area contributed by atoms with E-state index in [1.807, 2.05) is 66.4 Å². The van der Waals surface area contributed by atoms with Gasteiger partial charge in [0, 0.05) is 19.3 Å². The number of carbonyl (C=O) groups excluding carboxylic acids is 3.